The molecule has 1 unspecified atom stereocenters. The minimum absolute atomic E-state index is 0.0909. The van der Waals surface area contributed by atoms with Crippen molar-refractivity contribution in [3.63, 3.8) is 0 Å². The maximum Gasteiger partial charge on any atom is 0.412 e. The first-order valence-electron chi connectivity index (χ1n) is 15.3. The number of esters is 1. The average Bonchev–Trinajstić information content (AvgIpc) is 2.96. The maximum absolute atomic E-state index is 12.8. The highest BCUT2D eigenvalue weighted by atomic mass is 16.6. The molecule has 1 fully saturated rings. The fourth-order valence-electron chi connectivity index (χ4n) is 5.41. The fourth-order valence-corrected chi connectivity index (χ4v) is 5.41. The lowest BCUT2D eigenvalue weighted by molar-refractivity contribution is -0.144. The molecule has 0 spiro atoms. The molecule has 3 rings (SSSR count). The van der Waals surface area contributed by atoms with Crippen molar-refractivity contribution in [1.82, 2.24) is 5.32 Å². The number of Topliss-reactive ketones (excluding diaryl/α,β-unsaturated/α-hetero) is 1. The van der Waals surface area contributed by atoms with Crippen molar-refractivity contribution in [3.8, 4) is 0 Å². The van der Waals surface area contributed by atoms with Gasteiger partial charge in [-0.25, -0.2) is 4.79 Å². The SMILES string of the molecule is CCOC(=O)C(C)c1cccc(N2CCC(NCC(=O)CNc3c(C)c(C)c(NC(=O)OC(C)(C)C)c(C)c3C)CC2)c1. The van der Waals surface area contributed by atoms with Gasteiger partial charge < -0.3 is 25.0 Å². The molecule has 2 aromatic carbocycles. The van der Waals surface area contributed by atoms with Gasteiger partial charge in [-0.2, -0.15) is 0 Å². The summed E-state index contributed by atoms with van der Waals surface area (Å²) in [5.41, 5.74) is 7.01. The number of hydrogen-bond donors (Lipinski definition) is 3. The number of piperidine rings is 1. The van der Waals surface area contributed by atoms with Crippen molar-refractivity contribution < 1.29 is 23.9 Å². The molecule has 236 valence electrons. The lowest BCUT2D eigenvalue weighted by Gasteiger charge is -2.34. The largest absolute Gasteiger partial charge is 0.466 e. The Balaban J connectivity index is 1.50. The predicted octanol–water partition coefficient (Wildman–Crippen LogP) is 6.17. The molecule has 1 atom stereocenters. The minimum Gasteiger partial charge on any atom is -0.466 e. The number of anilines is 3. The molecule has 0 saturated carbocycles. The van der Waals surface area contributed by atoms with E-state index in [0.717, 1.165) is 70.8 Å². The first-order chi connectivity index (χ1) is 20.2. The second-order valence-corrected chi connectivity index (χ2v) is 12.5. The molecule has 0 bridgehead atoms. The van der Waals surface area contributed by atoms with Gasteiger partial charge in [0.25, 0.3) is 0 Å². The number of nitrogens with one attached hydrogen (secondary N) is 3. The molecule has 2 aromatic rings. The number of ketones is 1. The van der Waals surface area contributed by atoms with Crippen LogP contribution in [0.1, 0.15) is 81.2 Å². The van der Waals surface area contributed by atoms with Gasteiger partial charge in [0.2, 0.25) is 0 Å². The molecule has 0 radical (unpaired) electrons. The highest BCUT2D eigenvalue weighted by Crippen LogP contribution is 2.34. The Morgan fingerprint density at radius 2 is 1.56 bits per heavy atom. The van der Waals surface area contributed by atoms with Gasteiger partial charge in [-0.3, -0.25) is 14.9 Å². The molecule has 1 amide bonds. The third-order valence-corrected chi connectivity index (χ3v) is 8.17. The summed E-state index contributed by atoms with van der Waals surface area (Å²) in [5, 5.41) is 9.71. The van der Waals surface area contributed by atoms with Crippen LogP contribution in [-0.4, -0.2) is 62.3 Å². The zero-order valence-electron chi connectivity index (χ0n) is 27.4. The van der Waals surface area contributed by atoms with E-state index in [1.807, 2.05) is 74.4 Å². The molecule has 1 aliphatic heterocycles. The van der Waals surface area contributed by atoms with Crippen molar-refractivity contribution in [3.05, 3.63) is 52.1 Å². The molecule has 0 aliphatic carbocycles. The second-order valence-electron chi connectivity index (χ2n) is 12.5. The number of benzene rings is 2. The van der Waals surface area contributed by atoms with Gasteiger partial charge in [0.15, 0.2) is 5.78 Å². The van der Waals surface area contributed by atoms with Crippen LogP contribution in [0.3, 0.4) is 0 Å². The lowest BCUT2D eigenvalue weighted by Crippen LogP contribution is -2.44. The predicted molar refractivity (Wildman–Crippen MR) is 173 cm³/mol. The first-order valence-corrected chi connectivity index (χ1v) is 15.3. The van der Waals surface area contributed by atoms with Gasteiger partial charge >= 0.3 is 12.1 Å². The number of carbonyl (C=O) groups is 3. The van der Waals surface area contributed by atoms with Crippen molar-refractivity contribution in [2.45, 2.75) is 92.7 Å². The van der Waals surface area contributed by atoms with Crippen LogP contribution in [-0.2, 0) is 19.1 Å². The number of ether oxygens (including phenoxy) is 2. The zero-order valence-corrected chi connectivity index (χ0v) is 27.4. The van der Waals surface area contributed by atoms with E-state index >= 15 is 0 Å². The van der Waals surface area contributed by atoms with Gasteiger partial charge in [0.05, 0.1) is 31.3 Å². The Hall–Kier alpha value is -3.59. The molecule has 3 N–H and O–H groups in total. The Labute approximate surface area is 257 Å². The molecule has 9 nitrogen and oxygen atoms in total. The molecule has 1 heterocycles. The third-order valence-electron chi connectivity index (χ3n) is 8.17. The monoisotopic (exact) mass is 594 g/mol. The highest BCUT2D eigenvalue weighted by Gasteiger charge is 2.23. The summed E-state index contributed by atoms with van der Waals surface area (Å²) in [6.07, 6.45) is 1.38. The van der Waals surface area contributed by atoms with Crippen LogP contribution in [0.2, 0.25) is 0 Å². The van der Waals surface area contributed by atoms with Crippen molar-refractivity contribution in [2.75, 3.05) is 48.3 Å². The number of rotatable bonds is 11. The Morgan fingerprint density at radius 3 is 2.14 bits per heavy atom. The normalized spacial score (nSPS) is 14.7. The summed E-state index contributed by atoms with van der Waals surface area (Å²) in [7, 11) is 0. The summed E-state index contributed by atoms with van der Waals surface area (Å²) in [5.74, 6) is -0.413. The van der Waals surface area contributed by atoms with Gasteiger partial charge in [0.1, 0.15) is 5.60 Å². The Kier molecular flexibility index (Phi) is 11.6. The van der Waals surface area contributed by atoms with Gasteiger partial charge in [-0.15, -0.1) is 0 Å². The smallest absolute Gasteiger partial charge is 0.412 e. The maximum atomic E-state index is 12.8. The molecule has 9 heteroatoms. The van der Waals surface area contributed by atoms with E-state index < -0.39 is 11.7 Å². The average molecular weight is 595 g/mol. The van der Waals surface area contributed by atoms with E-state index in [-0.39, 0.29) is 30.3 Å². The lowest BCUT2D eigenvalue weighted by atomic mass is 9.95. The third kappa shape index (κ3) is 9.20. The van der Waals surface area contributed by atoms with E-state index in [9.17, 15) is 14.4 Å². The summed E-state index contributed by atoms with van der Waals surface area (Å²) in [6.45, 7) is 19.8. The molecule has 1 aliphatic rings. The standard InChI is InChI=1S/C34H50N4O5/c1-10-42-32(40)25(6)26-12-11-13-28(18-26)38-16-14-27(15-17-38)35-19-29(39)20-36-30-21(2)23(4)31(24(5)22(30)3)37-33(41)43-34(7,8)9/h11-13,18,25,27,35-36H,10,14-17,19-20H2,1-9H3,(H,37,41). The minimum atomic E-state index is -0.583. The van der Waals surface area contributed by atoms with Gasteiger partial charge in [-0.1, -0.05) is 12.1 Å². The highest BCUT2D eigenvalue weighted by molar-refractivity contribution is 5.90. The second kappa shape index (κ2) is 14.7. The molecule has 1 saturated heterocycles. The van der Waals surface area contributed by atoms with E-state index in [1.165, 1.54) is 0 Å². The van der Waals surface area contributed by atoms with E-state index in [0.29, 0.717) is 13.2 Å². The van der Waals surface area contributed by atoms with Crippen LogP contribution in [0.4, 0.5) is 21.9 Å². The molecular formula is C34H50N4O5. The summed E-state index contributed by atoms with van der Waals surface area (Å²) < 4.78 is 10.6. The topological polar surface area (TPSA) is 109 Å². The number of carbonyl (C=O) groups excluding carboxylic acids is 3. The van der Waals surface area contributed by atoms with E-state index in [2.05, 4.69) is 33.0 Å². The number of nitrogens with zero attached hydrogens (tertiary/aromatic N) is 1. The van der Waals surface area contributed by atoms with Crippen LogP contribution in [0, 0.1) is 27.7 Å². The van der Waals surface area contributed by atoms with Gasteiger partial charge in [-0.05, 0) is 115 Å². The Bertz CT molecular complexity index is 1280. The number of amides is 1. The van der Waals surface area contributed by atoms with Crippen LogP contribution in [0.25, 0.3) is 0 Å². The van der Waals surface area contributed by atoms with Crippen molar-refractivity contribution in [1.29, 1.82) is 0 Å². The summed E-state index contributed by atoms with van der Waals surface area (Å²) in [4.78, 5) is 39.8. The summed E-state index contributed by atoms with van der Waals surface area (Å²) in [6, 6.07) is 8.40. The Morgan fingerprint density at radius 1 is 0.953 bits per heavy atom. The number of hydrogen-bond acceptors (Lipinski definition) is 8. The first kappa shape index (κ1) is 33.9. The summed E-state index contributed by atoms with van der Waals surface area (Å²) >= 11 is 0. The van der Waals surface area contributed by atoms with Crippen molar-refractivity contribution >= 4 is 34.9 Å². The van der Waals surface area contributed by atoms with Crippen LogP contribution < -0.4 is 20.9 Å². The quantitative estimate of drug-likeness (QED) is 0.265. The molecule has 0 aromatic heterocycles. The molecular weight excluding hydrogens is 544 g/mol. The fraction of sp³-hybridized carbons (Fsp3) is 0.559. The van der Waals surface area contributed by atoms with Crippen LogP contribution in [0.15, 0.2) is 24.3 Å². The zero-order chi connectivity index (χ0) is 31.9. The van der Waals surface area contributed by atoms with Crippen LogP contribution in [0.5, 0.6) is 0 Å². The van der Waals surface area contributed by atoms with Crippen LogP contribution >= 0.6 is 0 Å². The van der Waals surface area contributed by atoms with E-state index in [1.54, 1.807) is 0 Å². The molecule has 43 heavy (non-hydrogen) atoms. The van der Waals surface area contributed by atoms with Gasteiger partial charge in [0, 0.05) is 30.5 Å². The van der Waals surface area contributed by atoms with E-state index in [4.69, 9.17) is 9.47 Å². The van der Waals surface area contributed by atoms with Crippen molar-refractivity contribution in [2.24, 2.45) is 0 Å².